The van der Waals surface area contributed by atoms with Gasteiger partial charge >= 0.3 is 0 Å². The van der Waals surface area contributed by atoms with Crippen LogP contribution in [0.25, 0.3) is 0 Å². The van der Waals surface area contributed by atoms with Gasteiger partial charge in [0.15, 0.2) is 17.3 Å². The number of hydrogen-bond acceptors (Lipinski definition) is 7. The first-order valence-corrected chi connectivity index (χ1v) is 6.33. The zero-order valence-corrected chi connectivity index (χ0v) is 11.9. The number of carbonyl (C=O) groups is 1. The number of hydrogen-bond donors (Lipinski definition) is 4. The smallest absolute Gasteiger partial charge is 0.168 e. The van der Waals surface area contributed by atoms with E-state index in [4.69, 9.17) is 14.6 Å². The van der Waals surface area contributed by atoms with Crippen molar-refractivity contribution in [2.24, 2.45) is 0 Å². The summed E-state index contributed by atoms with van der Waals surface area (Å²) in [5.41, 5.74) is 0.558. The van der Waals surface area contributed by atoms with Crippen LogP contribution in [0.5, 0.6) is 11.5 Å². The van der Waals surface area contributed by atoms with Crippen LogP contribution in [0.3, 0.4) is 0 Å². The van der Waals surface area contributed by atoms with E-state index in [1.165, 1.54) is 14.2 Å². The van der Waals surface area contributed by atoms with Crippen LogP contribution in [0.2, 0.25) is 0 Å². The number of benzene rings is 1. The Morgan fingerprint density at radius 1 is 1.14 bits per heavy atom. The topological polar surface area (TPSA) is 116 Å². The molecule has 1 aromatic carbocycles. The lowest BCUT2D eigenvalue weighted by Crippen LogP contribution is -2.44. The Bertz CT molecular complexity index is 474. The zero-order valence-electron chi connectivity index (χ0n) is 11.9. The minimum atomic E-state index is -1.78. The fraction of sp³-hybridized carbons (Fsp3) is 0.500. The number of rotatable bonds is 8. The van der Waals surface area contributed by atoms with Gasteiger partial charge in [-0.05, 0) is 17.7 Å². The summed E-state index contributed by atoms with van der Waals surface area (Å²) in [6.07, 6.45) is -5.24. The lowest BCUT2D eigenvalue weighted by Gasteiger charge is -2.20. The normalized spacial score (nSPS) is 15.1. The Kier molecular flexibility index (Phi) is 6.57. The van der Waals surface area contributed by atoms with Gasteiger partial charge in [0.2, 0.25) is 0 Å². The summed E-state index contributed by atoms with van der Waals surface area (Å²) in [7, 11) is 2.94. The summed E-state index contributed by atoms with van der Waals surface area (Å²) in [6, 6.07) is 4.83. The first kappa shape index (κ1) is 17.4. The van der Waals surface area contributed by atoms with Crippen molar-refractivity contribution in [3.8, 4) is 11.5 Å². The molecular formula is C14H20O7. The Labute approximate surface area is 122 Å². The highest BCUT2D eigenvalue weighted by molar-refractivity contribution is 5.85. The summed E-state index contributed by atoms with van der Waals surface area (Å²) < 4.78 is 10.2. The van der Waals surface area contributed by atoms with E-state index in [-0.39, 0.29) is 6.42 Å². The number of aliphatic hydroxyl groups excluding tert-OH is 4. The van der Waals surface area contributed by atoms with Crippen molar-refractivity contribution in [2.75, 3.05) is 20.8 Å². The minimum absolute atomic E-state index is 0.156. The number of aliphatic hydroxyl groups is 4. The zero-order chi connectivity index (χ0) is 16.0. The van der Waals surface area contributed by atoms with Gasteiger partial charge in [0.25, 0.3) is 0 Å². The van der Waals surface area contributed by atoms with E-state index in [0.29, 0.717) is 17.1 Å². The summed E-state index contributed by atoms with van der Waals surface area (Å²) in [5, 5.41) is 37.0. The summed E-state index contributed by atoms with van der Waals surface area (Å²) in [6.45, 7) is -0.748. The largest absolute Gasteiger partial charge is 0.493 e. The van der Waals surface area contributed by atoms with Crippen LogP contribution in [0.15, 0.2) is 18.2 Å². The highest BCUT2D eigenvalue weighted by Crippen LogP contribution is 2.27. The highest BCUT2D eigenvalue weighted by atomic mass is 16.5. The average molecular weight is 300 g/mol. The predicted molar refractivity (Wildman–Crippen MR) is 73.4 cm³/mol. The van der Waals surface area contributed by atoms with Crippen LogP contribution < -0.4 is 9.47 Å². The maximum absolute atomic E-state index is 11.9. The Morgan fingerprint density at radius 3 is 2.29 bits per heavy atom. The van der Waals surface area contributed by atoms with E-state index in [1.807, 2.05) is 0 Å². The first-order chi connectivity index (χ1) is 9.94. The molecule has 0 amide bonds. The van der Waals surface area contributed by atoms with Gasteiger partial charge in [-0.2, -0.15) is 0 Å². The molecule has 0 spiro atoms. The third kappa shape index (κ3) is 4.40. The second kappa shape index (κ2) is 7.94. The third-order valence-electron chi connectivity index (χ3n) is 3.06. The number of carbonyl (C=O) groups excluding carboxylic acids is 1. The second-order valence-electron chi connectivity index (χ2n) is 4.52. The Balaban J connectivity index is 2.79. The molecule has 0 aliphatic heterocycles. The van der Waals surface area contributed by atoms with E-state index >= 15 is 0 Å². The molecule has 0 aromatic heterocycles. The monoisotopic (exact) mass is 300 g/mol. The fourth-order valence-corrected chi connectivity index (χ4v) is 1.81. The molecule has 0 aliphatic carbocycles. The summed E-state index contributed by atoms with van der Waals surface area (Å²) >= 11 is 0. The van der Waals surface area contributed by atoms with Gasteiger partial charge in [-0.3, -0.25) is 4.79 Å². The van der Waals surface area contributed by atoms with Crippen molar-refractivity contribution in [2.45, 2.75) is 24.7 Å². The van der Waals surface area contributed by atoms with E-state index < -0.39 is 30.7 Å². The van der Waals surface area contributed by atoms with E-state index in [9.17, 15) is 20.1 Å². The van der Waals surface area contributed by atoms with Gasteiger partial charge < -0.3 is 29.9 Å². The van der Waals surface area contributed by atoms with Crippen LogP contribution in [0, 0.1) is 0 Å². The molecule has 0 radical (unpaired) electrons. The van der Waals surface area contributed by atoms with Gasteiger partial charge in [-0.1, -0.05) is 6.07 Å². The molecule has 7 heteroatoms. The summed E-state index contributed by atoms with van der Waals surface area (Å²) in [4.78, 5) is 11.9. The molecule has 0 saturated heterocycles. The predicted octanol–water partition coefficient (Wildman–Crippen LogP) is -1.11. The van der Waals surface area contributed by atoms with Gasteiger partial charge in [0.05, 0.1) is 20.8 Å². The quantitative estimate of drug-likeness (QED) is 0.481. The van der Waals surface area contributed by atoms with Gasteiger partial charge in [0.1, 0.15) is 18.3 Å². The van der Waals surface area contributed by atoms with Crippen molar-refractivity contribution < 1.29 is 34.7 Å². The molecule has 0 aliphatic rings. The molecule has 118 valence electrons. The molecule has 21 heavy (non-hydrogen) atoms. The van der Waals surface area contributed by atoms with Crippen molar-refractivity contribution in [1.82, 2.24) is 0 Å². The molecule has 3 atom stereocenters. The van der Waals surface area contributed by atoms with Crippen molar-refractivity contribution in [3.05, 3.63) is 23.8 Å². The molecule has 0 fully saturated rings. The van der Waals surface area contributed by atoms with Crippen molar-refractivity contribution >= 4 is 5.78 Å². The van der Waals surface area contributed by atoms with E-state index in [0.717, 1.165) is 0 Å². The number of methoxy groups -OCH3 is 2. The molecular weight excluding hydrogens is 280 g/mol. The van der Waals surface area contributed by atoms with Crippen LogP contribution in [0.4, 0.5) is 0 Å². The van der Waals surface area contributed by atoms with Crippen LogP contribution >= 0.6 is 0 Å². The third-order valence-corrected chi connectivity index (χ3v) is 3.06. The highest BCUT2D eigenvalue weighted by Gasteiger charge is 2.29. The van der Waals surface area contributed by atoms with Gasteiger partial charge in [-0.25, -0.2) is 0 Å². The lowest BCUT2D eigenvalue weighted by atomic mass is 9.99. The molecule has 0 bridgehead atoms. The molecule has 0 unspecified atom stereocenters. The molecule has 1 rings (SSSR count). The first-order valence-electron chi connectivity index (χ1n) is 6.33. The van der Waals surface area contributed by atoms with Gasteiger partial charge in [0, 0.05) is 6.42 Å². The number of ether oxygens (including phenoxy) is 2. The molecule has 0 heterocycles. The number of ketones is 1. The molecule has 0 saturated carbocycles. The van der Waals surface area contributed by atoms with Crippen molar-refractivity contribution in [3.63, 3.8) is 0 Å². The maximum atomic E-state index is 11.9. The summed E-state index contributed by atoms with van der Waals surface area (Å²) in [5.74, 6) is 0.264. The molecule has 4 N–H and O–H groups in total. The van der Waals surface area contributed by atoms with E-state index in [1.54, 1.807) is 18.2 Å². The van der Waals surface area contributed by atoms with Gasteiger partial charge in [-0.15, -0.1) is 0 Å². The molecule has 7 nitrogen and oxygen atoms in total. The average Bonchev–Trinajstić information content (AvgIpc) is 2.52. The van der Waals surface area contributed by atoms with Crippen LogP contribution in [-0.2, 0) is 11.2 Å². The fourth-order valence-electron chi connectivity index (χ4n) is 1.81. The standard InChI is InChI=1S/C14H20O7/c1-20-11-4-3-8(6-12(11)21-2)5-9(16)13(18)14(19)10(17)7-15/h3-4,6,10,13-15,17-19H,5,7H2,1-2H3/t10-,13+,14+/m1/s1. The second-order valence-corrected chi connectivity index (χ2v) is 4.52. The van der Waals surface area contributed by atoms with Crippen LogP contribution in [0.1, 0.15) is 5.56 Å². The lowest BCUT2D eigenvalue weighted by molar-refractivity contribution is -0.139. The Morgan fingerprint density at radius 2 is 1.76 bits per heavy atom. The number of Topliss-reactive ketones (excluding diaryl/α,β-unsaturated/α-hetero) is 1. The Hall–Kier alpha value is -1.67. The SMILES string of the molecule is COc1ccc(CC(=O)[C@H](O)[C@@H](O)[C@H](O)CO)cc1OC. The van der Waals surface area contributed by atoms with E-state index in [2.05, 4.69) is 0 Å². The minimum Gasteiger partial charge on any atom is -0.493 e. The van der Waals surface area contributed by atoms with Crippen molar-refractivity contribution in [1.29, 1.82) is 0 Å². The molecule has 1 aromatic rings. The maximum Gasteiger partial charge on any atom is 0.168 e. The van der Waals surface area contributed by atoms with Crippen LogP contribution in [-0.4, -0.2) is 65.3 Å².